The van der Waals surface area contributed by atoms with Crippen molar-refractivity contribution in [1.82, 2.24) is 15.3 Å². The highest BCUT2D eigenvalue weighted by Crippen LogP contribution is 2.38. The second-order valence-corrected chi connectivity index (χ2v) is 8.13. The molecule has 0 fully saturated rings. The van der Waals surface area contributed by atoms with Crippen LogP contribution in [0.2, 0.25) is 0 Å². The van der Waals surface area contributed by atoms with Crippen LogP contribution >= 0.6 is 12.2 Å². The molecule has 0 saturated heterocycles. The Morgan fingerprint density at radius 1 is 1.00 bits per heavy atom. The lowest BCUT2D eigenvalue weighted by atomic mass is 10.1. The van der Waals surface area contributed by atoms with Crippen LogP contribution in [0.3, 0.4) is 0 Å². The van der Waals surface area contributed by atoms with Gasteiger partial charge in [-0.05, 0) is 73.1 Å². The SMILES string of the molecule is COc1cc(NC(=S)NCc2ccc(F)cc2)c(-c2nc3cc(C)c(C)cc3[nH]2)cc1OC. The number of anilines is 1. The number of halogens is 1. The third-order valence-corrected chi connectivity index (χ3v) is 5.74. The second-order valence-electron chi connectivity index (χ2n) is 7.73. The number of ether oxygens (including phenoxy) is 2. The highest BCUT2D eigenvalue weighted by Gasteiger charge is 2.17. The van der Waals surface area contributed by atoms with Crippen LogP contribution in [0.15, 0.2) is 48.5 Å². The summed E-state index contributed by atoms with van der Waals surface area (Å²) in [7, 11) is 3.17. The van der Waals surface area contributed by atoms with Crippen LogP contribution in [0, 0.1) is 19.7 Å². The Bertz CT molecular complexity index is 1280. The predicted octanol–water partition coefficient (Wildman–Crippen LogP) is 5.49. The molecule has 0 saturated carbocycles. The fourth-order valence-electron chi connectivity index (χ4n) is 3.53. The van der Waals surface area contributed by atoms with Gasteiger partial charge in [-0.1, -0.05) is 12.1 Å². The number of thiocarbonyl (C=S) groups is 1. The van der Waals surface area contributed by atoms with Crippen molar-refractivity contribution in [2.75, 3.05) is 19.5 Å². The van der Waals surface area contributed by atoms with Crippen LogP contribution in [0.4, 0.5) is 10.1 Å². The Balaban J connectivity index is 1.66. The average molecular weight is 465 g/mol. The summed E-state index contributed by atoms with van der Waals surface area (Å²) >= 11 is 5.51. The fourth-order valence-corrected chi connectivity index (χ4v) is 3.71. The number of aromatic amines is 1. The van der Waals surface area contributed by atoms with Crippen LogP contribution in [0.25, 0.3) is 22.4 Å². The third-order valence-electron chi connectivity index (χ3n) is 5.49. The minimum atomic E-state index is -0.273. The molecule has 6 nitrogen and oxygen atoms in total. The Morgan fingerprint density at radius 3 is 2.36 bits per heavy atom. The molecule has 4 aromatic rings. The number of rotatable bonds is 6. The van der Waals surface area contributed by atoms with E-state index in [4.69, 9.17) is 26.7 Å². The van der Waals surface area contributed by atoms with Crippen molar-refractivity contribution in [3.63, 3.8) is 0 Å². The van der Waals surface area contributed by atoms with E-state index >= 15 is 0 Å². The first-order chi connectivity index (χ1) is 15.9. The quantitative estimate of drug-likeness (QED) is 0.328. The van der Waals surface area contributed by atoms with E-state index in [1.807, 2.05) is 12.1 Å². The molecular weight excluding hydrogens is 439 g/mol. The minimum Gasteiger partial charge on any atom is -0.493 e. The molecule has 0 aliphatic carbocycles. The number of nitrogens with one attached hydrogen (secondary N) is 3. The first-order valence-electron chi connectivity index (χ1n) is 10.4. The monoisotopic (exact) mass is 464 g/mol. The molecule has 1 aromatic heterocycles. The van der Waals surface area contributed by atoms with Gasteiger partial charge in [-0.25, -0.2) is 9.37 Å². The maximum absolute atomic E-state index is 13.1. The number of nitrogens with zero attached hydrogens (tertiary/aromatic N) is 1. The number of hydrogen-bond donors (Lipinski definition) is 3. The van der Waals surface area contributed by atoms with Crippen molar-refractivity contribution in [2.24, 2.45) is 0 Å². The number of imidazole rings is 1. The molecule has 0 unspecified atom stereocenters. The molecule has 8 heteroatoms. The van der Waals surface area contributed by atoms with Crippen molar-refractivity contribution in [1.29, 1.82) is 0 Å². The van der Waals surface area contributed by atoms with E-state index in [9.17, 15) is 4.39 Å². The molecule has 0 radical (unpaired) electrons. The van der Waals surface area contributed by atoms with Crippen LogP contribution in [0.5, 0.6) is 11.5 Å². The van der Waals surface area contributed by atoms with Crippen molar-refractivity contribution in [2.45, 2.75) is 20.4 Å². The van der Waals surface area contributed by atoms with E-state index in [-0.39, 0.29) is 5.82 Å². The van der Waals surface area contributed by atoms with E-state index in [1.54, 1.807) is 26.4 Å². The first kappa shape index (κ1) is 22.5. The van der Waals surface area contributed by atoms with E-state index in [0.29, 0.717) is 34.7 Å². The summed E-state index contributed by atoms with van der Waals surface area (Å²) in [5.41, 5.74) is 6.60. The maximum Gasteiger partial charge on any atom is 0.171 e. The van der Waals surface area contributed by atoms with Crippen LogP contribution in [-0.2, 0) is 6.54 Å². The Labute approximate surface area is 197 Å². The van der Waals surface area contributed by atoms with Crippen LogP contribution in [-0.4, -0.2) is 29.3 Å². The van der Waals surface area contributed by atoms with Gasteiger partial charge in [0, 0.05) is 18.2 Å². The third kappa shape index (κ3) is 4.90. The highest BCUT2D eigenvalue weighted by atomic mass is 32.1. The molecule has 170 valence electrons. The molecule has 0 amide bonds. The normalized spacial score (nSPS) is 10.8. The van der Waals surface area contributed by atoms with Gasteiger partial charge in [0.25, 0.3) is 0 Å². The summed E-state index contributed by atoms with van der Waals surface area (Å²) in [6.45, 7) is 4.60. The van der Waals surface area contributed by atoms with Crippen molar-refractivity contribution >= 4 is 34.1 Å². The summed E-state index contributed by atoms with van der Waals surface area (Å²) in [6, 6.07) is 14.1. The number of hydrogen-bond acceptors (Lipinski definition) is 4. The Kier molecular flexibility index (Phi) is 6.46. The van der Waals surface area contributed by atoms with Crippen molar-refractivity contribution in [3.8, 4) is 22.9 Å². The number of benzene rings is 3. The van der Waals surface area contributed by atoms with E-state index in [0.717, 1.165) is 22.2 Å². The standard InChI is InChI=1S/C25H25FN4O2S/c1-14-9-20-21(10-15(14)2)29-24(28-20)18-11-22(31-3)23(32-4)12-19(18)30-25(33)27-13-16-5-7-17(26)8-6-16/h5-12H,13H2,1-4H3,(H,28,29)(H2,27,30,33). The van der Waals surface area contributed by atoms with Gasteiger partial charge in [0.2, 0.25) is 0 Å². The number of aromatic nitrogens is 2. The molecule has 4 rings (SSSR count). The molecular formula is C25H25FN4O2S. The highest BCUT2D eigenvalue weighted by molar-refractivity contribution is 7.80. The van der Waals surface area contributed by atoms with Gasteiger partial charge in [0.15, 0.2) is 16.6 Å². The van der Waals surface area contributed by atoms with Crippen molar-refractivity contribution in [3.05, 3.63) is 71.0 Å². The second kappa shape index (κ2) is 9.46. The zero-order valence-electron chi connectivity index (χ0n) is 18.9. The molecule has 33 heavy (non-hydrogen) atoms. The van der Waals surface area contributed by atoms with Crippen molar-refractivity contribution < 1.29 is 13.9 Å². The number of aryl methyl sites for hydroxylation is 2. The predicted molar refractivity (Wildman–Crippen MR) is 134 cm³/mol. The first-order valence-corrected chi connectivity index (χ1v) is 10.8. The molecule has 0 aliphatic rings. The number of fused-ring (bicyclic) bond motifs is 1. The van der Waals surface area contributed by atoms with Gasteiger partial charge in [-0.3, -0.25) is 0 Å². The molecule has 3 N–H and O–H groups in total. The Morgan fingerprint density at radius 2 is 1.67 bits per heavy atom. The molecule has 0 atom stereocenters. The minimum absolute atomic E-state index is 0.273. The lowest BCUT2D eigenvalue weighted by molar-refractivity contribution is 0.355. The number of H-pyrrole nitrogens is 1. The van der Waals surface area contributed by atoms with Gasteiger partial charge in [-0.15, -0.1) is 0 Å². The molecule has 0 spiro atoms. The lowest BCUT2D eigenvalue weighted by Crippen LogP contribution is -2.28. The summed E-state index contributed by atoms with van der Waals surface area (Å²) in [5.74, 6) is 1.55. The summed E-state index contributed by atoms with van der Waals surface area (Å²) in [5, 5.41) is 6.80. The van der Waals surface area contributed by atoms with Crippen LogP contribution in [0.1, 0.15) is 16.7 Å². The fraction of sp³-hybridized carbons (Fsp3) is 0.200. The maximum atomic E-state index is 13.1. The van der Waals surface area contributed by atoms with E-state index in [2.05, 4.69) is 41.6 Å². The zero-order valence-corrected chi connectivity index (χ0v) is 19.7. The largest absolute Gasteiger partial charge is 0.493 e. The Hall–Kier alpha value is -3.65. The summed E-state index contributed by atoms with van der Waals surface area (Å²) in [4.78, 5) is 8.19. The molecule has 1 heterocycles. The van der Waals surface area contributed by atoms with Gasteiger partial charge in [0.05, 0.1) is 30.9 Å². The van der Waals surface area contributed by atoms with E-state index in [1.165, 1.54) is 23.3 Å². The molecule has 3 aromatic carbocycles. The van der Waals surface area contributed by atoms with E-state index < -0.39 is 0 Å². The molecule has 0 bridgehead atoms. The zero-order chi connectivity index (χ0) is 23.5. The van der Waals surface area contributed by atoms with Gasteiger partial charge in [0.1, 0.15) is 11.6 Å². The topological polar surface area (TPSA) is 71.2 Å². The van der Waals surface area contributed by atoms with Gasteiger partial charge < -0.3 is 25.1 Å². The summed E-state index contributed by atoms with van der Waals surface area (Å²) in [6.07, 6.45) is 0. The number of methoxy groups -OCH3 is 2. The lowest BCUT2D eigenvalue weighted by Gasteiger charge is -2.16. The van der Waals surface area contributed by atoms with Crippen LogP contribution < -0.4 is 20.1 Å². The van der Waals surface area contributed by atoms with Gasteiger partial charge >= 0.3 is 0 Å². The van der Waals surface area contributed by atoms with Gasteiger partial charge in [-0.2, -0.15) is 0 Å². The molecule has 0 aliphatic heterocycles. The smallest absolute Gasteiger partial charge is 0.171 e. The average Bonchev–Trinajstić information content (AvgIpc) is 3.21. The summed E-state index contributed by atoms with van der Waals surface area (Å²) < 4.78 is 24.1.